The number of carbonyl (C=O) groups excluding carboxylic acids is 1. The summed E-state index contributed by atoms with van der Waals surface area (Å²) in [5.41, 5.74) is 0.920. The third-order valence-corrected chi connectivity index (χ3v) is 5.25. The third-order valence-electron chi connectivity index (χ3n) is 5.25. The summed E-state index contributed by atoms with van der Waals surface area (Å²) in [5, 5.41) is 10.9. The minimum atomic E-state index is -0.808. The maximum Gasteiger partial charge on any atom is 0.343 e. The van der Waals surface area contributed by atoms with Gasteiger partial charge >= 0.3 is 5.97 Å². The molecule has 4 rings (SSSR count). The molecule has 0 radical (unpaired) electrons. The van der Waals surface area contributed by atoms with Crippen LogP contribution in [0.4, 0.5) is 10.1 Å². The molecule has 2 heterocycles. The van der Waals surface area contributed by atoms with E-state index in [4.69, 9.17) is 18.9 Å². The summed E-state index contributed by atoms with van der Waals surface area (Å²) >= 11 is 0. The first-order valence-electron chi connectivity index (χ1n) is 10.7. The highest BCUT2D eigenvalue weighted by Gasteiger charge is 2.21. The minimum Gasteiger partial charge on any atom is -0.506 e. The van der Waals surface area contributed by atoms with Crippen LogP contribution in [-0.2, 0) is 20.8 Å². The zero-order valence-electron chi connectivity index (χ0n) is 18.3. The fourth-order valence-electron chi connectivity index (χ4n) is 3.54. The molecule has 1 fully saturated rings. The predicted octanol–water partition coefficient (Wildman–Crippen LogP) is 3.62. The van der Waals surface area contributed by atoms with Gasteiger partial charge in [-0.05, 0) is 36.8 Å². The van der Waals surface area contributed by atoms with E-state index in [1.807, 2.05) is 0 Å². The highest BCUT2D eigenvalue weighted by molar-refractivity contribution is 6.15. The van der Waals surface area contributed by atoms with Crippen molar-refractivity contribution < 1.29 is 33.2 Å². The average Bonchev–Trinajstić information content (AvgIpc) is 3.29. The first-order valence-corrected chi connectivity index (χ1v) is 10.7. The Morgan fingerprint density at radius 3 is 2.76 bits per heavy atom. The van der Waals surface area contributed by atoms with Gasteiger partial charge < -0.3 is 24.1 Å². The molecule has 0 amide bonds. The molecule has 2 aromatic rings. The van der Waals surface area contributed by atoms with E-state index in [0.717, 1.165) is 18.7 Å². The molecule has 1 saturated heterocycles. The smallest absolute Gasteiger partial charge is 0.343 e. The molecule has 2 aliphatic rings. The van der Waals surface area contributed by atoms with Crippen molar-refractivity contribution in [2.45, 2.75) is 13.5 Å². The summed E-state index contributed by atoms with van der Waals surface area (Å²) in [4.78, 5) is 19.0. The predicted molar refractivity (Wildman–Crippen MR) is 119 cm³/mol. The number of aliphatic hydroxyl groups excluding tert-OH is 1. The molecule has 0 unspecified atom stereocenters. The molecule has 1 N–H and O–H groups in total. The Morgan fingerprint density at radius 2 is 1.97 bits per heavy atom. The van der Waals surface area contributed by atoms with E-state index in [-0.39, 0.29) is 24.5 Å². The molecule has 9 heteroatoms. The number of nitrogens with zero attached hydrogens (tertiary/aromatic N) is 2. The minimum absolute atomic E-state index is 0.0903. The van der Waals surface area contributed by atoms with Gasteiger partial charge in [0, 0.05) is 31.9 Å². The average molecular weight is 456 g/mol. The van der Waals surface area contributed by atoms with Crippen LogP contribution in [0.15, 0.2) is 47.0 Å². The second kappa shape index (κ2) is 10.5. The number of ether oxygens (including phenoxy) is 4. The van der Waals surface area contributed by atoms with Crippen molar-refractivity contribution >= 4 is 23.6 Å². The van der Waals surface area contributed by atoms with E-state index in [9.17, 15) is 14.3 Å². The quantitative estimate of drug-likeness (QED) is 0.295. The Kier molecular flexibility index (Phi) is 7.21. The van der Waals surface area contributed by atoms with Gasteiger partial charge in [0.05, 0.1) is 31.1 Å². The molecule has 174 valence electrons. The largest absolute Gasteiger partial charge is 0.506 e. The van der Waals surface area contributed by atoms with E-state index < -0.39 is 17.5 Å². The number of hydrogen-bond donors (Lipinski definition) is 1. The van der Waals surface area contributed by atoms with Crippen LogP contribution in [-0.4, -0.2) is 61.9 Å². The number of carbonyl (C=O) groups is 1. The molecule has 0 aromatic heterocycles. The Morgan fingerprint density at radius 1 is 1.18 bits per heavy atom. The van der Waals surface area contributed by atoms with Gasteiger partial charge in [-0.3, -0.25) is 9.89 Å². The maximum absolute atomic E-state index is 14.7. The molecular formula is C24H25FN2O6. The number of aliphatic hydroxyl groups is 1. The van der Waals surface area contributed by atoms with Crippen LogP contribution < -0.4 is 9.47 Å². The van der Waals surface area contributed by atoms with E-state index in [2.05, 4.69) is 9.89 Å². The number of fused-ring (bicyclic) bond motifs is 1. The van der Waals surface area contributed by atoms with Crippen molar-refractivity contribution in [2.24, 2.45) is 4.99 Å². The summed E-state index contributed by atoms with van der Waals surface area (Å²) < 4.78 is 35.7. The van der Waals surface area contributed by atoms with Gasteiger partial charge in [-0.25, -0.2) is 9.18 Å². The second-order valence-electron chi connectivity index (χ2n) is 7.48. The second-order valence-corrected chi connectivity index (χ2v) is 7.48. The Hall–Kier alpha value is -3.43. The van der Waals surface area contributed by atoms with Crippen LogP contribution in [0.1, 0.15) is 18.1 Å². The van der Waals surface area contributed by atoms with E-state index in [1.165, 1.54) is 18.3 Å². The lowest BCUT2D eigenvalue weighted by Gasteiger charge is -2.26. The highest BCUT2D eigenvalue weighted by Crippen LogP contribution is 2.35. The summed E-state index contributed by atoms with van der Waals surface area (Å²) in [6, 6.07) is 9.48. The van der Waals surface area contributed by atoms with Gasteiger partial charge in [0.1, 0.15) is 17.1 Å². The number of rotatable bonds is 7. The summed E-state index contributed by atoms with van der Waals surface area (Å²) in [7, 11) is 0. The molecule has 0 bridgehead atoms. The van der Waals surface area contributed by atoms with Gasteiger partial charge in [0.15, 0.2) is 11.5 Å². The third kappa shape index (κ3) is 5.50. The molecule has 2 aromatic carbocycles. The number of benzene rings is 2. The zero-order chi connectivity index (χ0) is 23.2. The van der Waals surface area contributed by atoms with Crippen molar-refractivity contribution in [3.8, 4) is 11.5 Å². The van der Waals surface area contributed by atoms with Crippen molar-refractivity contribution in [1.82, 2.24) is 4.90 Å². The van der Waals surface area contributed by atoms with Gasteiger partial charge in [0.2, 0.25) is 6.79 Å². The van der Waals surface area contributed by atoms with Crippen LogP contribution in [0, 0.1) is 5.82 Å². The molecule has 2 aliphatic heterocycles. The number of esters is 1. The summed E-state index contributed by atoms with van der Waals surface area (Å²) in [6.45, 7) is 5.25. The highest BCUT2D eigenvalue weighted by atomic mass is 19.1. The number of halogens is 1. The maximum atomic E-state index is 14.7. The lowest BCUT2D eigenvalue weighted by Crippen LogP contribution is -2.35. The van der Waals surface area contributed by atoms with Crippen molar-refractivity contribution in [3.05, 3.63) is 58.9 Å². The monoisotopic (exact) mass is 456 g/mol. The van der Waals surface area contributed by atoms with Crippen molar-refractivity contribution in [1.29, 1.82) is 0 Å². The van der Waals surface area contributed by atoms with E-state index >= 15 is 0 Å². The molecule has 8 nitrogen and oxygen atoms in total. The Bertz CT molecular complexity index is 1080. The van der Waals surface area contributed by atoms with E-state index in [1.54, 1.807) is 31.2 Å². The zero-order valence-corrected chi connectivity index (χ0v) is 18.3. The SMILES string of the molecule is CCOC(=O)/C(C=Nc1ccc2c(c1)OCO2)=C(/O)c1cc(CN2CCOCC2)ccc1F. The first-order chi connectivity index (χ1) is 16.0. The lowest BCUT2D eigenvalue weighted by atomic mass is 10.0. The number of aliphatic imine (C=N–C) groups is 1. The Labute approximate surface area is 190 Å². The summed E-state index contributed by atoms with van der Waals surface area (Å²) in [6.07, 6.45) is 1.17. The molecule has 0 atom stereocenters. The van der Waals surface area contributed by atoms with Crippen molar-refractivity contribution in [2.75, 3.05) is 39.7 Å². The number of morpholine rings is 1. The van der Waals surface area contributed by atoms with Crippen molar-refractivity contribution in [3.63, 3.8) is 0 Å². The normalized spacial score (nSPS) is 16.7. The van der Waals surface area contributed by atoms with Gasteiger partial charge in [-0.15, -0.1) is 0 Å². The van der Waals surface area contributed by atoms with E-state index in [0.29, 0.717) is 36.9 Å². The van der Waals surface area contributed by atoms with Crippen LogP contribution >= 0.6 is 0 Å². The lowest BCUT2D eigenvalue weighted by molar-refractivity contribution is -0.137. The molecular weight excluding hydrogens is 431 g/mol. The fraction of sp³-hybridized carbons (Fsp3) is 0.333. The molecule has 33 heavy (non-hydrogen) atoms. The Balaban J connectivity index is 1.65. The van der Waals surface area contributed by atoms with Crippen LogP contribution in [0.5, 0.6) is 11.5 Å². The van der Waals surface area contributed by atoms with Crippen LogP contribution in [0.2, 0.25) is 0 Å². The van der Waals surface area contributed by atoms with Gasteiger partial charge in [-0.1, -0.05) is 6.07 Å². The standard InChI is InChI=1S/C24H25FN2O6/c1-2-31-24(29)19(13-26-17-4-6-21-22(12-17)33-15-32-21)23(28)18-11-16(3-5-20(18)25)14-27-7-9-30-10-8-27/h3-6,11-13,28H,2,7-10,14-15H2,1H3/b23-19+,26-13?. The van der Waals surface area contributed by atoms with Crippen LogP contribution in [0.3, 0.4) is 0 Å². The fourth-order valence-corrected chi connectivity index (χ4v) is 3.54. The molecule has 0 spiro atoms. The molecule has 0 saturated carbocycles. The molecule has 0 aliphatic carbocycles. The van der Waals surface area contributed by atoms with Crippen LogP contribution in [0.25, 0.3) is 5.76 Å². The number of hydrogen-bond acceptors (Lipinski definition) is 8. The topological polar surface area (TPSA) is 89.8 Å². The van der Waals surface area contributed by atoms with Gasteiger partial charge in [-0.2, -0.15) is 0 Å². The first kappa shape index (κ1) is 22.8. The van der Waals surface area contributed by atoms with Gasteiger partial charge in [0.25, 0.3) is 0 Å². The summed E-state index contributed by atoms with van der Waals surface area (Å²) in [5.74, 6) is -0.886.